The SMILES string of the molecule is C1=CC(N2CCCCC2)=CCN1. The molecule has 0 bridgehead atoms. The first-order valence-electron chi connectivity index (χ1n) is 4.82. The first-order valence-corrected chi connectivity index (χ1v) is 4.82. The largest absolute Gasteiger partial charge is 0.387 e. The van der Waals surface area contributed by atoms with Crippen LogP contribution in [0.5, 0.6) is 0 Å². The number of rotatable bonds is 1. The van der Waals surface area contributed by atoms with E-state index in [0.29, 0.717) is 0 Å². The average molecular weight is 164 g/mol. The van der Waals surface area contributed by atoms with Crippen LogP contribution in [-0.2, 0) is 0 Å². The third-order valence-electron chi connectivity index (χ3n) is 2.52. The van der Waals surface area contributed by atoms with Gasteiger partial charge in [-0.3, -0.25) is 0 Å². The number of piperidine rings is 1. The maximum Gasteiger partial charge on any atom is 0.0357 e. The summed E-state index contributed by atoms with van der Waals surface area (Å²) in [5.74, 6) is 0. The van der Waals surface area contributed by atoms with Crippen molar-refractivity contribution >= 4 is 0 Å². The molecule has 0 aromatic carbocycles. The zero-order valence-corrected chi connectivity index (χ0v) is 7.42. The molecule has 12 heavy (non-hydrogen) atoms. The highest BCUT2D eigenvalue weighted by atomic mass is 15.1. The van der Waals surface area contributed by atoms with Crippen molar-refractivity contribution in [3.8, 4) is 0 Å². The van der Waals surface area contributed by atoms with Crippen molar-refractivity contribution in [3.05, 3.63) is 24.0 Å². The molecule has 0 aromatic rings. The Morgan fingerprint density at radius 3 is 2.67 bits per heavy atom. The molecule has 2 heterocycles. The van der Waals surface area contributed by atoms with Gasteiger partial charge in [0.2, 0.25) is 0 Å². The van der Waals surface area contributed by atoms with Crippen LogP contribution in [0.25, 0.3) is 0 Å². The Hall–Kier alpha value is -0.920. The lowest BCUT2D eigenvalue weighted by Crippen LogP contribution is -2.30. The van der Waals surface area contributed by atoms with Gasteiger partial charge < -0.3 is 10.2 Å². The summed E-state index contributed by atoms with van der Waals surface area (Å²) >= 11 is 0. The molecule has 66 valence electrons. The first kappa shape index (κ1) is 7.71. The quantitative estimate of drug-likeness (QED) is 0.631. The van der Waals surface area contributed by atoms with Gasteiger partial charge in [0.1, 0.15) is 0 Å². The van der Waals surface area contributed by atoms with Crippen molar-refractivity contribution in [1.82, 2.24) is 10.2 Å². The van der Waals surface area contributed by atoms with E-state index in [1.165, 1.54) is 38.0 Å². The van der Waals surface area contributed by atoms with E-state index in [9.17, 15) is 0 Å². The molecular formula is C10H16N2. The highest BCUT2D eigenvalue weighted by Gasteiger charge is 2.11. The maximum atomic E-state index is 3.17. The van der Waals surface area contributed by atoms with Gasteiger partial charge in [-0.25, -0.2) is 0 Å². The van der Waals surface area contributed by atoms with Crippen molar-refractivity contribution in [2.75, 3.05) is 19.6 Å². The molecule has 2 nitrogen and oxygen atoms in total. The van der Waals surface area contributed by atoms with Crippen LogP contribution in [0.1, 0.15) is 19.3 Å². The van der Waals surface area contributed by atoms with Crippen LogP contribution < -0.4 is 5.32 Å². The molecule has 0 atom stereocenters. The Kier molecular flexibility index (Phi) is 2.35. The van der Waals surface area contributed by atoms with Crippen LogP contribution in [0, 0.1) is 0 Å². The number of nitrogens with one attached hydrogen (secondary N) is 1. The predicted molar refractivity (Wildman–Crippen MR) is 50.6 cm³/mol. The van der Waals surface area contributed by atoms with Crippen LogP contribution in [0.15, 0.2) is 24.0 Å². The van der Waals surface area contributed by atoms with Crippen LogP contribution in [0.4, 0.5) is 0 Å². The Balaban J connectivity index is 1.97. The van der Waals surface area contributed by atoms with E-state index in [2.05, 4.69) is 22.4 Å². The molecule has 1 N–H and O–H groups in total. The van der Waals surface area contributed by atoms with Crippen molar-refractivity contribution < 1.29 is 0 Å². The van der Waals surface area contributed by atoms with Crippen LogP contribution in [-0.4, -0.2) is 24.5 Å². The lowest BCUT2D eigenvalue weighted by atomic mass is 10.1. The third kappa shape index (κ3) is 1.63. The van der Waals surface area contributed by atoms with Gasteiger partial charge in [0, 0.05) is 25.3 Å². The Labute approximate surface area is 73.9 Å². The molecule has 0 unspecified atom stereocenters. The van der Waals surface area contributed by atoms with Gasteiger partial charge in [-0.1, -0.05) is 0 Å². The topological polar surface area (TPSA) is 15.3 Å². The molecule has 0 amide bonds. The van der Waals surface area contributed by atoms with Crippen LogP contribution in [0.2, 0.25) is 0 Å². The van der Waals surface area contributed by atoms with Gasteiger partial charge in [-0.2, -0.15) is 0 Å². The molecule has 1 fully saturated rings. The second-order valence-electron chi connectivity index (χ2n) is 3.42. The fraction of sp³-hybridized carbons (Fsp3) is 0.600. The lowest BCUT2D eigenvalue weighted by molar-refractivity contribution is 0.291. The summed E-state index contributed by atoms with van der Waals surface area (Å²) < 4.78 is 0. The average Bonchev–Trinajstić information content (AvgIpc) is 2.21. The number of hydrogen-bond acceptors (Lipinski definition) is 2. The zero-order valence-electron chi connectivity index (χ0n) is 7.42. The molecule has 0 saturated carbocycles. The minimum atomic E-state index is 0.988. The zero-order chi connectivity index (χ0) is 8.23. The fourth-order valence-electron chi connectivity index (χ4n) is 1.83. The summed E-state index contributed by atoms with van der Waals surface area (Å²) in [6, 6.07) is 0. The van der Waals surface area contributed by atoms with Crippen molar-refractivity contribution in [2.45, 2.75) is 19.3 Å². The third-order valence-corrected chi connectivity index (χ3v) is 2.52. The standard InChI is InChI=1S/C10H16N2/c1-2-8-12(9-3-1)10-4-6-11-7-5-10/h4-6,11H,1-3,7-9H2. The summed E-state index contributed by atoms with van der Waals surface area (Å²) in [4.78, 5) is 2.49. The van der Waals surface area contributed by atoms with E-state index < -0.39 is 0 Å². The van der Waals surface area contributed by atoms with Gasteiger partial charge in [-0.15, -0.1) is 0 Å². The molecule has 1 saturated heterocycles. The Morgan fingerprint density at radius 1 is 1.17 bits per heavy atom. The minimum Gasteiger partial charge on any atom is -0.387 e. The second kappa shape index (κ2) is 3.65. The summed E-state index contributed by atoms with van der Waals surface area (Å²) in [6.45, 7) is 3.48. The van der Waals surface area contributed by atoms with Crippen molar-refractivity contribution in [2.24, 2.45) is 0 Å². The van der Waals surface area contributed by atoms with Crippen molar-refractivity contribution in [3.63, 3.8) is 0 Å². The summed E-state index contributed by atoms with van der Waals surface area (Å²) in [5.41, 5.74) is 1.41. The number of dihydropyridines is 1. The normalized spacial score (nSPS) is 23.3. The maximum absolute atomic E-state index is 3.17. The molecule has 0 aromatic heterocycles. The van der Waals surface area contributed by atoms with Gasteiger partial charge in [-0.05, 0) is 37.6 Å². The molecule has 2 aliphatic heterocycles. The Morgan fingerprint density at radius 2 is 2.00 bits per heavy atom. The molecule has 2 aliphatic rings. The monoisotopic (exact) mass is 164 g/mol. The molecule has 2 rings (SSSR count). The van der Waals surface area contributed by atoms with Gasteiger partial charge in [0.15, 0.2) is 0 Å². The van der Waals surface area contributed by atoms with E-state index in [1.54, 1.807) is 0 Å². The van der Waals surface area contributed by atoms with E-state index >= 15 is 0 Å². The number of nitrogens with zero attached hydrogens (tertiary/aromatic N) is 1. The fourth-order valence-corrected chi connectivity index (χ4v) is 1.83. The van der Waals surface area contributed by atoms with E-state index in [1.807, 2.05) is 6.20 Å². The predicted octanol–water partition coefficient (Wildman–Crippen LogP) is 1.47. The van der Waals surface area contributed by atoms with Gasteiger partial charge in [0.05, 0.1) is 0 Å². The van der Waals surface area contributed by atoms with E-state index in [0.717, 1.165) is 6.54 Å². The smallest absolute Gasteiger partial charge is 0.0357 e. The van der Waals surface area contributed by atoms with E-state index in [4.69, 9.17) is 0 Å². The highest BCUT2D eigenvalue weighted by Crippen LogP contribution is 2.15. The first-order chi connectivity index (χ1) is 5.97. The molecule has 0 radical (unpaired) electrons. The van der Waals surface area contributed by atoms with Crippen LogP contribution >= 0.6 is 0 Å². The van der Waals surface area contributed by atoms with Crippen molar-refractivity contribution in [1.29, 1.82) is 0 Å². The van der Waals surface area contributed by atoms with Gasteiger partial charge in [0.25, 0.3) is 0 Å². The summed E-state index contributed by atoms with van der Waals surface area (Å²) in [7, 11) is 0. The second-order valence-corrected chi connectivity index (χ2v) is 3.42. The highest BCUT2D eigenvalue weighted by molar-refractivity contribution is 5.21. The number of likely N-dealkylation sites (tertiary alicyclic amines) is 1. The Bertz CT molecular complexity index is 200. The number of hydrogen-bond donors (Lipinski definition) is 1. The van der Waals surface area contributed by atoms with E-state index in [-0.39, 0.29) is 0 Å². The molecule has 2 heteroatoms. The van der Waals surface area contributed by atoms with Gasteiger partial charge >= 0.3 is 0 Å². The summed E-state index contributed by atoms with van der Waals surface area (Å²) in [5, 5.41) is 3.17. The molecular weight excluding hydrogens is 148 g/mol. The van der Waals surface area contributed by atoms with Crippen LogP contribution in [0.3, 0.4) is 0 Å². The minimum absolute atomic E-state index is 0.988. The number of allylic oxidation sites excluding steroid dienone is 1. The molecule has 0 aliphatic carbocycles. The molecule has 0 spiro atoms. The summed E-state index contributed by atoms with van der Waals surface area (Å²) in [6.07, 6.45) is 10.6. The lowest BCUT2D eigenvalue weighted by Gasteiger charge is -2.30.